The Kier molecular flexibility index (Phi) is 4.78. The molecule has 1 N–H and O–H groups in total. The molecule has 0 bridgehead atoms. The topological polar surface area (TPSA) is 34.2 Å². The molecule has 1 aromatic carbocycles. The zero-order valence-electron chi connectivity index (χ0n) is 12.8. The van der Waals surface area contributed by atoms with Crippen molar-refractivity contribution in [1.82, 2.24) is 10.3 Å². The van der Waals surface area contributed by atoms with E-state index < -0.39 is 0 Å². The number of ether oxygens (including phenoxy) is 1. The lowest BCUT2D eigenvalue weighted by molar-refractivity contribution is 0.400. The summed E-state index contributed by atoms with van der Waals surface area (Å²) >= 11 is 1.70. The molecule has 4 heteroatoms. The Labute approximate surface area is 125 Å². The zero-order chi connectivity index (χ0) is 14.7. The van der Waals surface area contributed by atoms with Crippen LogP contribution in [0.5, 0.6) is 5.75 Å². The summed E-state index contributed by atoms with van der Waals surface area (Å²) in [6.45, 7) is 6.28. The second-order valence-electron chi connectivity index (χ2n) is 5.10. The maximum absolute atomic E-state index is 5.57. The van der Waals surface area contributed by atoms with Gasteiger partial charge in [0.15, 0.2) is 0 Å². The quantitative estimate of drug-likeness (QED) is 0.914. The van der Waals surface area contributed by atoms with E-state index in [4.69, 9.17) is 4.74 Å². The highest BCUT2D eigenvalue weighted by molar-refractivity contribution is 7.09. The molecule has 2 rings (SSSR count). The maximum atomic E-state index is 5.57. The van der Waals surface area contributed by atoms with Crippen LogP contribution in [0.25, 0.3) is 0 Å². The van der Waals surface area contributed by atoms with Crippen LogP contribution in [0.4, 0.5) is 0 Å². The number of benzene rings is 1. The van der Waals surface area contributed by atoms with Crippen molar-refractivity contribution in [3.8, 4) is 5.75 Å². The number of nitrogens with zero attached hydrogens (tertiary/aromatic N) is 1. The molecule has 0 saturated carbocycles. The second kappa shape index (κ2) is 6.37. The molecule has 3 nitrogen and oxygen atoms in total. The summed E-state index contributed by atoms with van der Waals surface area (Å²) in [5, 5.41) is 6.64. The Morgan fingerprint density at radius 1 is 1.30 bits per heavy atom. The third-order valence-electron chi connectivity index (χ3n) is 3.49. The zero-order valence-corrected chi connectivity index (χ0v) is 13.6. The van der Waals surface area contributed by atoms with Gasteiger partial charge in [0, 0.05) is 23.4 Å². The van der Waals surface area contributed by atoms with E-state index in [2.05, 4.69) is 41.7 Å². The Morgan fingerprint density at radius 2 is 2.05 bits per heavy atom. The van der Waals surface area contributed by atoms with Gasteiger partial charge in [-0.2, -0.15) is 0 Å². The van der Waals surface area contributed by atoms with Crippen LogP contribution < -0.4 is 10.1 Å². The third kappa shape index (κ3) is 3.19. The van der Waals surface area contributed by atoms with Gasteiger partial charge in [0.2, 0.25) is 0 Å². The van der Waals surface area contributed by atoms with E-state index in [9.17, 15) is 0 Å². The van der Waals surface area contributed by atoms with E-state index in [1.807, 2.05) is 14.0 Å². The highest BCUT2D eigenvalue weighted by atomic mass is 32.1. The largest absolute Gasteiger partial charge is 0.496 e. The van der Waals surface area contributed by atoms with Gasteiger partial charge in [0.1, 0.15) is 5.75 Å². The Bertz CT molecular complexity index is 592. The molecule has 0 spiro atoms. The van der Waals surface area contributed by atoms with E-state index >= 15 is 0 Å². The van der Waals surface area contributed by atoms with Gasteiger partial charge in [-0.05, 0) is 45.0 Å². The molecule has 0 fully saturated rings. The summed E-state index contributed by atoms with van der Waals surface area (Å²) in [7, 11) is 3.72. The first kappa shape index (κ1) is 15.0. The normalized spacial score (nSPS) is 12.4. The smallest absolute Gasteiger partial charge is 0.124 e. The molecule has 0 amide bonds. The van der Waals surface area contributed by atoms with Crippen LogP contribution in [0.1, 0.15) is 33.4 Å². The summed E-state index contributed by atoms with van der Waals surface area (Å²) in [4.78, 5) is 4.56. The van der Waals surface area contributed by atoms with Crippen molar-refractivity contribution in [2.24, 2.45) is 0 Å². The number of likely N-dealkylation sites (N-methyl/N-ethyl adjacent to an activating group) is 1. The van der Waals surface area contributed by atoms with Crippen LogP contribution in [-0.2, 0) is 6.42 Å². The molecule has 0 aliphatic heterocycles. The fourth-order valence-electron chi connectivity index (χ4n) is 2.61. The van der Waals surface area contributed by atoms with Crippen molar-refractivity contribution in [2.75, 3.05) is 14.2 Å². The lowest BCUT2D eigenvalue weighted by Gasteiger charge is -2.21. The summed E-state index contributed by atoms with van der Waals surface area (Å²) < 4.78 is 5.57. The first-order valence-corrected chi connectivity index (χ1v) is 7.66. The van der Waals surface area contributed by atoms with Crippen molar-refractivity contribution in [2.45, 2.75) is 33.2 Å². The van der Waals surface area contributed by atoms with Gasteiger partial charge in [0.25, 0.3) is 0 Å². The molecule has 0 saturated heterocycles. The number of methoxy groups -OCH3 is 1. The van der Waals surface area contributed by atoms with Crippen molar-refractivity contribution < 1.29 is 4.74 Å². The maximum Gasteiger partial charge on any atom is 0.124 e. The lowest BCUT2D eigenvalue weighted by atomic mass is 9.95. The number of thiazole rings is 1. The van der Waals surface area contributed by atoms with Crippen molar-refractivity contribution in [3.63, 3.8) is 0 Å². The van der Waals surface area contributed by atoms with Crippen LogP contribution in [0.2, 0.25) is 0 Å². The van der Waals surface area contributed by atoms with E-state index in [0.717, 1.165) is 22.9 Å². The predicted octanol–water partition coefficient (Wildman–Crippen LogP) is 3.58. The highest BCUT2D eigenvalue weighted by Gasteiger charge is 2.19. The third-order valence-corrected chi connectivity index (χ3v) is 4.31. The summed E-state index contributed by atoms with van der Waals surface area (Å²) in [6, 6.07) is 4.51. The first-order chi connectivity index (χ1) is 9.55. The monoisotopic (exact) mass is 290 g/mol. The number of nitrogens with one attached hydrogen (secondary N) is 1. The van der Waals surface area contributed by atoms with Crippen LogP contribution in [0.3, 0.4) is 0 Å². The standard InChI is InChI=1S/C16H22N2OS/c1-10-6-11(2)16(15(7-10)19-5)14(17-4)8-13-9-20-12(3)18-13/h6-7,9,14,17H,8H2,1-5H3. The van der Waals surface area contributed by atoms with E-state index in [-0.39, 0.29) is 6.04 Å². The van der Waals surface area contributed by atoms with Crippen LogP contribution in [0, 0.1) is 20.8 Å². The number of aromatic nitrogens is 1. The number of hydrogen-bond acceptors (Lipinski definition) is 4. The highest BCUT2D eigenvalue weighted by Crippen LogP contribution is 2.32. The Hall–Kier alpha value is -1.39. The summed E-state index contributed by atoms with van der Waals surface area (Å²) in [5.41, 5.74) is 4.84. The van der Waals surface area contributed by atoms with Crippen molar-refractivity contribution in [3.05, 3.63) is 44.9 Å². The molecule has 108 valence electrons. The van der Waals surface area contributed by atoms with Gasteiger partial charge >= 0.3 is 0 Å². The van der Waals surface area contributed by atoms with Crippen LogP contribution in [-0.4, -0.2) is 19.1 Å². The van der Waals surface area contributed by atoms with Crippen LogP contribution >= 0.6 is 11.3 Å². The molecule has 0 aliphatic rings. The number of aryl methyl sites for hydroxylation is 3. The van der Waals surface area contributed by atoms with Gasteiger partial charge in [-0.25, -0.2) is 4.98 Å². The molecule has 1 unspecified atom stereocenters. The van der Waals surface area contributed by atoms with Crippen molar-refractivity contribution >= 4 is 11.3 Å². The minimum Gasteiger partial charge on any atom is -0.496 e. The van der Waals surface area contributed by atoms with Gasteiger partial charge < -0.3 is 10.1 Å². The molecular formula is C16H22N2OS. The molecule has 2 aromatic rings. The Morgan fingerprint density at radius 3 is 2.60 bits per heavy atom. The van der Waals surface area contributed by atoms with Gasteiger partial charge in [-0.1, -0.05) is 6.07 Å². The van der Waals surface area contributed by atoms with E-state index in [0.29, 0.717) is 0 Å². The molecule has 1 atom stereocenters. The fraction of sp³-hybridized carbons (Fsp3) is 0.438. The van der Waals surface area contributed by atoms with Crippen molar-refractivity contribution in [1.29, 1.82) is 0 Å². The van der Waals surface area contributed by atoms with E-state index in [1.165, 1.54) is 16.7 Å². The molecule has 20 heavy (non-hydrogen) atoms. The average molecular weight is 290 g/mol. The molecule has 1 heterocycles. The van der Waals surface area contributed by atoms with Gasteiger partial charge in [-0.3, -0.25) is 0 Å². The lowest BCUT2D eigenvalue weighted by Crippen LogP contribution is -2.21. The first-order valence-electron chi connectivity index (χ1n) is 6.78. The minimum absolute atomic E-state index is 0.215. The molecular weight excluding hydrogens is 268 g/mol. The van der Waals surface area contributed by atoms with E-state index in [1.54, 1.807) is 18.4 Å². The summed E-state index contributed by atoms with van der Waals surface area (Å²) in [6.07, 6.45) is 0.876. The SMILES string of the molecule is CNC(Cc1csc(C)n1)c1c(C)cc(C)cc1OC. The summed E-state index contributed by atoms with van der Waals surface area (Å²) in [5.74, 6) is 0.953. The fourth-order valence-corrected chi connectivity index (χ4v) is 3.24. The minimum atomic E-state index is 0.215. The molecule has 0 radical (unpaired) electrons. The number of rotatable bonds is 5. The number of hydrogen-bond donors (Lipinski definition) is 1. The predicted molar refractivity (Wildman–Crippen MR) is 84.8 cm³/mol. The second-order valence-corrected chi connectivity index (χ2v) is 6.16. The Balaban J connectivity index is 2.36. The molecule has 0 aliphatic carbocycles. The average Bonchev–Trinajstić information content (AvgIpc) is 2.81. The van der Waals surface area contributed by atoms with Crippen LogP contribution in [0.15, 0.2) is 17.5 Å². The van der Waals surface area contributed by atoms with Gasteiger partial charge in [0.05, 0.1) is 17.8 Å². The van der Waals surface area contributed by atoms with Gasteiger partial charge in [-0.15, -0.1) is 11.3 Å². The molecule has 1 aromatic heterocycles.